The molecule has 0 saturated heterocycles. The Morgan fingerprint density at radius 2 is 1.80 bits per heavy atom. The van der Waals surface area contributed by atoms with Crippen LogP contribution >= 0.6 is 0 Å². The molecule has 0 fully saturated rings. The minimum Gasteiger partial charge on any atom is -0.395 e. The molecule has 0 spiro atoms. The van der Waals surface area contributed by atoms with Gasteiger partial charge in [-0.25, -0.2) is 0 Å². The van der Waals surface area contributed by atoms with Gasteiger partial charge in [-0.3, -0.25) is 0 Å². The fraction of sp³-hybridized carbons (Fsp3) is 0.455. The van der Waals surface area contributed by atoms with Crippen LogP contribution in [-0.2, 0) is 16.5 Å². The summed E-state index contributed by atoms with van der Waals surface area (Å²) in [6.07, 6.45) is -4.50. The van der Waals surface area contributed by atoms with Crippen LogP contribution in [-0.4, -0.2) is 38.1 Å². The van der Waals surface area contributed by atoms with Crippen LogP contribution in [0.4, 0.5) is 13.2 Å². The van der Waals surface area contributed by atoms with E-state index in [1.54, 1.807) is 0 Å². The topological polar surface area (TPSA) is 89.6 Å². The van der Waals surface area contributed by atoms with E-state index in [0.29, 0.717) is 12.0 Å². The standard InChI is InChI=1S/C11H14F3NO4S/c12-11(13,14)7-20(17,18)19-10-3-1-8(2-4-10)5-9(15)6-16/h1-4,9,16H,5-7,15H2/t9-/m0/s1. The fourth-order valence-corrected chi connectivity index (χ4v) is 2.29. The molecule has 9 heteroatoms. The molecule has 1 rings (SSSR count). The molecule has 0 saturated carbocycles. The van der Waals surface area contributed by atoms with Gasteiger partial charge in [-0.05, 0) is 24.1 Å². The summed E-state index contributed by atoms with van der Waals surface area (Å²) in [7, 11) is -4.72. The molecule has 0 unspecified atom stereocenters. The Morgan fingerprint density at radius 3 is 2.25 bits per heavy atom. The zero-order valence-corrected chi connectivity index (χ0v) is 11.1. The van der Waals surface area contributed by atoms with Gasteiger partial charge >= 0.3 is 16.3 Å². The molecule has 0 amide bonds. The molecule has 0 bridgehead atoms. The van der Waals surface area contributed by atoms with Crippen LogP contribution in [0, 0.1) is 0 Å². The normalized spacial score (nSPS) is 14.1. The van der Waals surface area contributed by atoms with E-state index >= 15 is 0 Å². The average molecular weight is 313 g/mol. The summed E-state index contributed by atoms with van der Waals surface area (Å²) in [4.78, 5) is 0. The maximum atomic E-state index is 12.0. The fourth-order valence-electron chi connectivity index (χ4n) is 1.42. The van der Waals surface area contributed by atoms with Crippen LogP contribution in [0.25, 0.3) is 0 Å². The van der Waals surface area contributed by atoms with E-state index in [-0.39, 0.29) is 12.4 Å². The highest BCUT2D eigenvalue weighted by Crippen LogP contribution is 2.21. The number of alkyl halides is 3. The second-order valence-electron chi connectivity index (χ2n) is 4.19. The second kappa shape index (κ2) is 6.42. The van der Waals surface area contributed by atoms with E-state index in [9.17, 15) is 21.6 Å². The molecule has 1 aromatic rings. The Morgan fingerprint density at radius 1 is 1.25 bits per heavy atom. The number of nitrogens with two attached hydrogens (primary N) is 1. The first-order valence-electron chi connectivity index (χ1n) is 5.55. The Labute approximate surface area is 114 Å². The second-order valence-corrected chi connectivity index (χ2v) is 5.76. The summed E-state index contributed by atoms with van der Waals surface area (Å²) in [5.41, 5.74) is 6.21. The molecule has 0 aliphatic carbocycles. The van der Waals surface area contributed by atoms with Crippen molar-refractivity contribution in [2.75, 3.05) is 12.4 Å². The first kappa shape index (κ1) is 16.7. The Bertz CT molecular complexity index is 528. The van der Waals surface area contributed by atoms with Gasteiger partial charge < -0.3 is 15.0 Å². The number of aliphatic hydroxyl groups excluding tert-OH is 1. The van der Waals surface area contributed by atoms with Crippen molar-refractivity contribution in [3.05, 3.63) is 29.8 Å². The lowest BCUT2D eigenvalue weighted by Crippen LogP contribution is -2.27. The summed E-state index contributed by atoms with van der Waals surface area (Å²) in [6, 6.07) is 4.93. The van der Waals surface area contributed by atoms with Crippen molar-refractivity contribution in [3.8, 4) is 5.75 Å². The first-order chi connectivity index (χ1) is 9.11. The van der Waals surface area contributed by atoms with E-state index in [4.69, 9.17) is 10.8 Å². The van der Waals surface area contributed by atoms with Crippen molar-refractivity contribution in [1.82, 2.24) is 0 Å². The molecule has 114 valence electrons. The molecule has 0 aliphatic heterocycles. The molecular formula is C11H14F3NO4S. The van der Waals surface area contributed by atoms with Crippen LogP contribution in [0.3, 0.4) is 0 Å². The van der Waals surface area contributed by atoms with Crippen molar-refractivity contribution in [2.24, 2.45) is 5.73 Å². The lowest BCUT2D eigenvalue weighted by atomic mass is 10.1. The van der Waals surface area contributed by atoms with E-state index in [1.165, 1.54) is 24.3 Å². The summed E-state index contributed by atoms with van der Waals surface area (Å²) in [5, 5.41) is 8.78. The van der Waals surface area contributed by atoms with Gasteiger partial charge in [0, 0.05) is 6.04 Å². The summed E-state index contributed by atoms with van der Waals surface area (Å²) in [5.74, 6) is -2.26. The smallest absolute Gasteiger partial charge is 0.395 e. The zero-order valence-electron chi connectivity index (χ0n) is 10.3. The number of hydrogen-bond donors (Lipinski definition) is 2. The zero-order chi connectivity index (χ0) is 15.4. The predicted molar refractivity (Wildman–Crippen MR) is 65.7 cm³/mol. The number of benzene rings is 1. The van der Waals surface area contributed by atoms with Crippen LogP contribution in [0.2, 0.25) is 0 Å². The largest absolute Gasteiger partial charge is 0.406 e. The highest BCUT2D eigenvalue weighted by atomic mass is 32.2. The summed E-state index contributed by atoms with van der Waals surface area (Å²) < 4.78 is 62.6. The van der Waals surface area contributed by atoms with E-state index in [1.807, 2.05) is 0 Å². The number of halogens is 3. The van der Waals surface area contributed by atoms with Crippen molar-refractivity contribution < 1.29 is 30.9 Å². The molecule has 0 radical (unpaired) electrons. The summed E-state index contributed by atoms with van der Waals surface area (Å²) in [6.45, 7) is -0.210. The molecule has 0 heterocycles. The van der Waals surface area contributed by atoms with E-state index < -0.39 is 28.1 Å². The SMILES string of the molecule is N[C@H](CO)Cc1ccc(OS(=O)(=O)CC(F)(F)F)cc1. The van der Waals surface area contributed by atoms with Crippen molar-refractivity contribution in [3.63, 3.8) is 0 Å². The minimum atomic E-state index is -4.85. The number of rotatable bonds is 6. The molecule has 1 aromatic carbocycles. The Hall–Kier alpha value is -1.32. The third-order valence-electron chi connectivity index (χ3n) is 2.22. The third-order valence-corrected chi connectivity index (χ3v) is 3.35. The quantitative estimate of drug-likeness (QED) is 0.759. The van der Waals surface area contributed by atoms with Gasteiger partial charge in [0.2, 0.25) is 0 Å². The Balaban J connectivity index is 2.70. The number of aliphatic hydroxyl groups is 1. The highest BCUT2D eigenvalue weighted by molar-refractivity contribution is 7.87. The highest BCUT2D eigenvalue weighted by Gasteiger charge is 2.36. The summed E-state index contributed by atoms with van der Waals surface area (Å²) >= 11 is 0. The predicted octanol–water partition coefficient (Wildman–Crippen LogP) is 0.820. The number of hydrogen-bond acceptors (Lipinski definition) is 5. The third kappa shape index (κ3) is 6.22. The molecule has 0 aromatic heterocycles. The van der Waals surface area contributed by atoms with Gasteiger partial charge in [0.15, 0.2) is 5.75 Å². The lowest BCUT2D eigenvalue weighted by molar-refractivity contribution is -0.107. The monoisotopic (exact) mass is 313 g/mol. The first-order valence-corrected chi connectivity index (χ1v) is 7.13. The maximum absolute atomic E-state index is 12.0. The molecule has 0 aliphatic rings. The van der Waals surface area contributed by atoms with Gasteiger partial charge in [-0.15, -0.1) is 0 Å². The lowest BCUT2D eigenvalue weighted by Gasteiger charge is -2.11. The molecule has 1 atom stereocenters. The van der Waals surface area contributed by atoms with Gasteiger partial charge in [-0.2, -0.15) is 21.6 Å². The molecule has 3 N–H and O–H groups in total. The van der Waals surface area contributed by atoms with Crippen LogP contribution in [0.15, 0.2) is 24.3 Å². The Kier molecular flexibility index (Phi) is 5.37. The van der Waals surface area contributed by atoms with Crippen LogP contribution in [0.5, 0.6) is 5.75 Å². The van der Waals surface area contributed by atoms with Gasteiger partial charge in [-0.1, -0.05) is 12.1 Å². The minimum absolute atomic E-state index is 0.210. The van der Waals surface area contributed by atoms with Crippen LogP contribution in [0.1, 0.15) is 5.56 Å². The van der Waals surface area contributed by atoms with E-state index in [0.717, 1.165) is 0 Å². The van der Waals surface area contributed by atoms with Gasteiger partial charge in [0.05, 0.1) is 6.61 Å². The van der Waals surface area contributed by atoms with Gasteiger partial charge in [0.1, 0.15) is 5.75 Å². The molecule has 5 nitrogen and oxygen atoms in total. The molecule has 20 heavy (non-hydrogen) atoms. The van der Waals surface area contributed by atoms with Crippen molar-refractivity contribution >= 4 is 10.1 Å². The van der Waals surface area contributed by atoms with Crippen LogP contribution < -0.4 is 9.92 Å². The molecular weight excluding hydrogens is 299 g/mol. The van der Waals surface area contributed by atoms with Crippen molar-refractivity contribution in [2.45, 2.75) is 18.6 Å². The van der Waals surface area contributed by atoms with Crippen molar-refractivity contribution in [1.29, 1.82) is 0 Å². The van der Waals surface area contributed by atoms with E-state index in [2.05, 4.69) is 4.18 Å². The average Bonchev–Trinajstić information content (AvgIpc) is 2.28. The van der Waals surface area contributed by atoms with Gasteiger partial charge in [0.25, 0.3) is 0 Å². The maximum Gasteiger partial charge on any atom is 0.406 e.